The van der Waals surface area contributed by atoms with E-state index in [9.17, 15) is 9.59 Å². The van der Waals surface area contributed by atoms with Gasteiger partial charge in [-0.2, -0.15) is 0 Å². The van der Waals surface area contributed by atoms with Crippen LogP contribution in [-0.4, -0.2) is 30.3 Å². The van der Waals surface area contributed by atoms with E-state index in [2.05, 4.69) is 10.1 Å². The first-order chi connectivity index (χ1) is 8.85. The van der Waals surface area contributed by atoms with Crippen LogP contribution in [0.25, 0.3) is 0 Å². The number of amides is 1. The molecule has 0 spiro atoms. The van der Waals surface area contributed by atoms with Gasteiger partial charge in [0.15, 0.2) is 0 Å². The second-order valence-electron chi connectivity index (χ2n) is 4.14. The highest BCUT2D eigenvalue weighted by Crippen LogP contribution is 2.22. The summed E-state index contributed by atoms with van der Waals surface area (Å²) in [5.41, 5.74) is 13.8. The Hall–Kier alpha value is -2.44. The van der Waals surface area contributed by atoms with Crippen molar-refractivity contribution in [2.45, 2.75) is 19.4 Å². The van der Waals surface area contributed by atoms with Crippen LogP contribution < -0.4 is 16.8 Å². The van der Waals surface area contributed by atoms with Crippen molar-refractivity contribution in [3.05, 3.63) is 23.3 Å². The molecular weight excluding hydrogens is 250 g/mol. The summed E-state index contributed by atoms with van der Waals surface area (Å²) in [7, 11) is 1.20. The SMILES string of the molecule is COC(=O)C(Cc1cc(C)c(N)c(N)c1)NC(=O)O. The molecule has 0 fully saturated rings. The summed E-state index contributed by atoms with van der Waals surface area (Å²) in [4.78, 5) is 22.1. The number of benzene rings is 1. The molecule has 7 heteroatoms. The summed E-state index contributed by atoms with van der Waals surface area (Å²) < 4.78 is 4.55. The molecule has 1 aromatic rings. The van der Waals surface area contributed by atoms with E-state index >= 15 is 0 Å². The van der Waals surface area contributed by atoms with Gasteiger partial charge in [-0.3, -0.25) is 0 Å². The number of carbonyl (C=O) groups is 2. The quantitative estimate of drug-likeness (QED) is 0.465. The molecule has 0 aliphatic heterocycles. The summed E-state index contributed by atoms with van der Waals surface area (Å²) in [6, 6.07) is 2.39. The van der Waals surface area contributed by atoms with Crippen LogP contribution in [0.1, 0.15) is 11.1 Å². The Morgan fingerprint density at radius 2 is 2.05 bits per heavy atom. The molecule has 1 atom stereocenters. The van der Waals surface area contributed by atoms with Gasteiger partial charge in [-0.05, 0) is 24.1 Å². The van der Waals surface area contributed by atoms with Crippen LogP contribution in [0.15, 0.2) is 12.1 Å². The van der Waals surface area contributed by atoms with Crippen LogP contribution in [0.5, 0.6) is 0 Å². The topological polar surface area (TPSA) is 128 Å². The van der Waals surface area contributed by atoms with Crippen molar-refractivity contribution >= 4 is 23.4 Å². The lowest BCUT2D eigenvalue weighted by Crippen LogP contribution is -2.42. The van der Waals surface area contributed by atoms with Gasteiger partial charge in [0, 0.05) is 6.42 Å². The Labute approximate surface area is 110 Å². The van der Waals surface area contributed by atoms with Crippen LogP contribution in [0, 0.1) is 6.92 Å². The minimum absolute atomic E-state index is 0.143. The van der Waals surface area contributed by atoms with Gasteiger partial charge in [-0.1, -0.05) is 6.07 Å². The lowest BCUT2D eigenvalue weighted by molar-refractivity contribution is -0.142. The van der Waals surface area contributed by atoms with Gasteiger partial charge in [-0.15, -0.1) is 0 Å². The van der Waals surface area contributed by atoms with Crippen molar-refractivity contribution in [1.82, 2.24) is 5.32 Å². The molecule has 1 unspecified atom stereocenters. The zero-order chi connectivity index (χ0) is 14.6. The van der Waals surface area contributed by atoms with Crippen molar-refractivity contribution < 1.29 is 19.4 Å². The number of nitrogens with two attached hydrogens (primary N) is 2. The monoisotopic (exact) mass is 267 g/mol. The number of nitrogen functional groups attached to an aromatic ring is 2. The van der Waals surface area contributed by atoms with Crippen molar-refractivity contribution in [2.75, 3.05) is 18.6 Å². The number of hydrogen-bond donors (Lipinski definition) is 4. The van der Waals surface area contributed by atoms with E-state index in [0.29, 0.717) is 16.9 Å². The molecule has 1 amide bonds. The van der Waals surface area contributed by atoms with E-state index in [1.54, 1.807) is 19.1 Å². The molecule has 0 aromatic heterocycles. The number of ether oxygens (including phenoxy) is 1. The van der Waals surface area contributed by atoms with E-state index in [1.165, 1.54) is 7.11 Å². The third-order valence-electron chi connectivity index (χ3n) is 2.70. The molecule has 104 valence electrons. The number of hydrogen-bond acceptors (Lipinski definition) is 5. The number of carboxylic acid groups (broad SMARTS) is 1. The van der Waals surface area contributed by atoms with Crippen LogP contribution in [0.2, 0.25) is 0 Å². The minimum atomic E-state index is -1.30. The fraction of sp³-hybridized carbons (Fsp3) is 0.333. The Morgan fingerprint density at radius 3 is 2.53 bits per heavy atom. The summed E-state index contributed by atoms with van der Waals surface area (Å²) in [6.45, 7) is 1.78. The van der Waals surface area contributed by atoms with E-state index in [4.69, 9.17) is 16.6 Å². The van der Waals surface area contributed by atoms with Crippen molar-refractivity contribution in [1.29, 1.82) is 0 Å². The molecule has 0 heterocycles. The largest absolute Gasteiger partial charge is 0.467 e. The first kappa shape index (κ1) is 14.6. The standard InChI is InChI=1S/C12H17N3O4/c1-6-3-7(4-8(13)10(6)14)5-9(11(16)19-2)15-12(17)18/h3-4,9,15H,5,13-14H2,1-2H3,(H,17,18). The van der Waals surface area contributed by atoms with E-state index < -0.39 is 18.1 Å². The maximum Gasteiger partial charge on any atom is 0.405 e. The van der Waals surface area contributed by atoms with E-state index in [0.717, 1.165) is 5.56 Å². The molecule has 1 aromatic carbocycles. The van der Waals surface area contributed by atoms with Gasteiger partial charge >= 0.3 is 12.1 Å². The van der Waals surface area contributed by atoms with Gasteiger partial charge in [-0.25, -0.2) is 9.59 Å². The van der Waals surface area contributed by atoms with Crippen LogP contribution in [-0.2, 0) is 16.0 Å². The summed E-state index contributed by atoms with van der Waals surface area (Å²) in [6.07, 6.45) is -1.15. The summed E-state index contributed by atoms with van der Waals surface area (Å²) in [5, 5.41) is 10.8. The van der Waals surface area contributed by atoms with E-state index in [1.807, 2.05) is 0 Å². The predicted octanol–water partition coefficient (Wildman–Crippen LogP) is 0.511. The van der Waals surface area contributed by atoms with Gasteiger partial charge in [0.2, 0.25) is 0 Å². The molecule has 0 aliphatic carbocycles. The molecule has 19 heavy (non-hydrogen) atoms. The normalized spacial score (nSPS) is 11.7. The highest BCUT2D eigenvalue weighted by atomic mass is 16.5. The summed E-state index contributed by atoms with van der Waals surface area (Å²) >= 11 is 0. The minimum Gasteiger partial charge on any atom is -0.467 e. The number of rotatable bonds is 4. The first-order valence-corrected chi connectivity index (χ1v) is 5.57. The second kappa shape index (κ2) is 5.94. The van der Waals surface area contributed by atoms with Crippen LogP contribution in [0.4, 0.5) is 16.2 Å². The van der Waals surface area contributed by atoms with Gasteiger partial charge in [0.1, 0.15) is 6.04 Å². The number of esters is 1. The lowest BCUT2D eigenvalue weighted by atomic mass is 10.0. The molecule has 6 N–H and O–H groups in total. The van der Waals surface area contributed by atoms with Gasteiger partial charge in [0.05, 0.1) is 18.5 Å². The smallest absolute Gasteiger partial charge is 0.405 e. The fourth-order valence-corrected chi connectivity index (χ4v) is 1.74. The zero-order valence-electron chi connectivity index (χ0n) is 10.8. The number of nitrogens with one attached hydrogen (secondary N) is 1. The number of carbonyl (C=O) groups excluding carboxylic acids is 1. The third kappa shape index (κ3) is 3.77. The Bertz CT molecular complexity index is 479. The Morgan fingerprint density at radius 1 is 1.42 bits per heavy atom. The van der Waals surface area contributed by atoms with E-state index in [-0.39, 0.29) is 6.42 Å². The van der Waals surface area contributed by atoms with Gasteiger partial charge < -0.3 is 26.6 Å². The maximum atomic E-state index is 11.5. The fourth-order valence-electron chi connectivity index (χ4n) is 1.74. The zero-order valence-corrected chi connectivity index (χ0v) is 10.8. The molecule has 0 radical (unpaired) electrons. The Kier molecular flexibility index (Phi) is 4.57. The van der Waals surface area contributed by atoms with Crippen molar-refractivity contribution in [3.8, 4) is 0 Å². The maximum absolute atomic E-state index is 11.5. The molecular formula is C12H17N3O4. The third-order valence-corrected chi connectivity index (χ3v) is 2.70. The molecule has 0 bridgehead atoms. The first-order valence-electron chi connectivity index (χ1n) is 5.57. The Balaban J connectivity index is 2.96. The molecule has 7 nitrogen and oxygen atoms in total. The second-order valence-corrected chi connectivity index (χ2v) is 4.14. The molecule has 1 rings (SSSR count). The van der Waals surface area contributed by atoms with Crippen LogP contribution >= 0.6 is 0 Å². The van der Waals surface area contributed by atoms with Crippen molar-refractivity contribution in [3.63, 3.8) is 0 Å². The molecule has 0 saturated carbocycles. The average Bonchev–Trinajstić information content (AvgIpc) is 2.33. The lowest BCUT2D eigenvalue weighted by Gasteiger charge is -2.16. The summed E-state index contributed by atoms with van der Waals surface area (Å²) in [5.74, 6) is -0.657. The number of aryl methyl sites for hydroxylation is 1. The average molecular weight is 267 g/mol. The van der Waals surface area contributed by atoms with Crippen LogP contribution in [0.3, 0.4) is 0 Å². The number of methoxy groups -OCH3 is 1. The highest BCUT2D eigenvalue weighted by Gasteiger charge is 2.22. The van der Waals surface area contributed by atoms with Crippen molar-refractivity contribution in [2.24, 2.45) is 0 Å². The molecule has 0 saturated heterocycles. The highest BCUT2D eigenvalue weighted by molar-refractivity contribution is 5.81. The number of anilines is 2. The van der Waals surface area contributed by atoms with Gasteiger partial charge in [0.25, 0.3) is 0 Å². The molecule has 0 aliphatic rings. The predicted molar refractivity (Wildman–Crippen MR) is 70.7 cm³/mol.